The van der Waals surface area contributed by atoms with Crippen molar-refractivity contribution in [3.8, 4) is 33.4 Å². The first-order valence-corrected chi connectivity index (χ1v) is 19.5. The van der Waals surface area contributed by atoms with Gasteiger partial charge in [-0.15, -0.1) is 0 Å². The molecular formula is C54H44O. The standard InChI is InChI=1S/C54H44O/c1-29-31(3)35(7)51-49(33(29)5)53(40-23-26-48-46(28-40)44-19-13-14-20-47(44)55-48)50-34(6)30(2)32(4)36(8)52(50)54(51)45-25-24-41(42-17-11-12-18-43(42)45)39-22-21-37-15-9-10-16-38(37)27-39/h9-28H,1-8H3. The van der Waals surface area contributed by atoms with E-state index in [-0.39, 0.29) is 0 Å². The molecule has 0 radical (unpaired) electrons. The smallest absolute Gasteiger partial charge is 0.135 e. The Kier molecular flexibility index (Phi) is 7.39. The third kappa shape index (κ3) is 4.72. The summed E-state index contributed by atoms with van der Waals surface area (Å²) in [5.41, 5.74) is 20.4. The molecule has 10 rings (SSSR count). The minimum absolute atomic E-state index is 0.924. The van der Waals surface area contributed by atoms with Crippen LogP contribution in [0.25, 0.3) is 98.4 Å². The predicted octanol–water partition coefficient (Wildman–Crippen LogP) is 15.7. The van der Waals surface area contributed by atoms with Crippen molar-refractivity contribution in [3.05, 3.63) is 166 Å². The van der Waals surface area contributed by atoms with Crippen LogP contribution in [0.5, 0.6) is 0 Å². The lowest BCUT2D eigenvalue weighted by atomic mass is 9.76. The fourth-order valence-electron chi connectivity index (χ4n) is 9.69. The number of para-hydroxylation sites is 1. The normalized spacial score (nSPS) is 12.0. The van der Waals surface area contributed by atoms with Crippen LogP contribution in [-0.4, -0.2) is 0 Å². The first-order chi connectivity index (χ1) is 26.6. The van der Waals surface area contributed by atoms with Crippen LogP contribution in [0.4, 0.5) is 0 Å². The van der Waals surface area contributed by atoms with E-state index in [9.17, 15) is 0 Å². The Balaban J connectivity index is 1.40. The second-order valence-electron chi connectivity index (χ2n) is 15.8. The van der Waals surface area contributed by atoms with E-state index in [4.69, 9.17) is 4.42 Å². The van der Waals surface area contributed by atoms with Gasteiger partial charge in [-0.3, -0.25) is 0 Å². The molecule has 0 amide bonds. The van der Waals surface area contributed by atoms with Gasteiger partial charge < -0.3 is 4.42 Å². The van der Waals surface area contributed by atoms with E-state index in [0.29, 0.717) is 0 Å². The molecule has 0 aliphatic rings. The Morgan fingerprint density at radius 1 is 0.309 bits per heavy atom. The van der Waals surface area contributed by atoms with Crippen molar-refractivity contribution in [2.24, 2.45) is 0 Å². The molecule has 0 spiro atoms. The number of furan rings is 1. The first kappa shape index (κ1) is 33.4. The summed E-state index contributed by atoms with van der Waals surface area (Å²) in [5.74, 6) is 0. The molecule has 0 saturated heterocycles. The largest absolute Gasteiger partial charge is 0.456 e. The van der Waals surface area contributed by atoms with Gasteiger partial charge >= 0.3 is 0 Å². The maximum absolute atomic E-state index is 6.35. The van der Waals surface area contributed by atoms with Crippen LogP contribution in [0, 0.1) is 55.4 Å². The van der Waals surface area contributed by atoms with E-state index in [1.807, 2.05) is 0 Å². The molecule has 0 aliphatic heterocycles. The quantitative estimate of drug-likeness (QED) is 0.167. The fourth-order valence-corrected chi connectivity index (χ4v) is 9.69. The number of aryl methyl sites for hydroxylation is 4. The lowest BCUT2D eigenvalue weighted by molar-refractivity contribution is 0.669. The molecule has 0 atom stereocenters. The zero-order valence-corrected chi connectivity index (χ0v) is 33.0. The molecule has 1 heterocycles. The van der Waals surface area contributed by atoms with Crippen molar-refractivity contribution in [2.45, 2.75) is 55.4 Å². The second-order valence-corrected chi connectivity index (χ2v) is 15.8. The predicted molar refractivity (Wildman–Crippen MR) is 238 cm³/mol. The molecule has 1 nitrogen and oxygen atoms in total. The molecule has 1 aromatic heterocycles. The van der Waals surface area contributed by atoms with E-state index >= 15 is 0 Å². The number of benzene rings is 9. The van der Waals surface area contributed by atoms with Gasteiger partial charge in [0.25, 0.3) is 0 Å². The summed E-state index contributed by atoms with van der Waals surface area (Å²) < 4.78 is 6.35. The number of rotatable bonds is 3. The topological polar surface area (TPSA) is 13.1 Å². The molecular weight excluding hydrogens is 665 g/mol. The Morgan fingerprint density at radius 3 is 1.42 bits per heavy atom. The summed E-state index contributed by atoms with van der Waals surface area (Å²) in [7, 11) is 0. The Bertz CT molecular complexity index is 3200. The van der Waals surface area contributed by atoms with Gasteiger partial charge in [0.1, 0.15) is 11.2 Å². The highest BCUT2D eigenvalue weighted by Gasteiger charge is 2.27. The van der Waals surface area contributed by atoms with Crippen LogP contribution < -0.4 is 0 Å². The van der Waals surface area contributed by atoms with Gasteiger partial charge in [-0.05, 0) is 201 Å². The maximum Gasteiger partial charge on any atom is 0.135 e. The molecule has 9 aromatic carbocycles. The number of fused-ring (bicyclic) bond motifs is 7. The minimum atomic E-state index is 0.924. The molecule has 266 valence electrons. The van der Waals surface area contributed by atoms with Crippen LogP contribution >= 0.6 is 0 Å². The average molecular weight is 709 g/mol. The van der Waals surface area contributed by atoms with E-state index in [1.165, 1.54) is 121 Å². The summed E-state index contributed by atoms with van der Waals surface area (Å²) in [6.45, 7) is 18.6. The number of hydrogen-bond acceptors (Lipinski definition) is 1. The Labute approximate surface area is 322 Å². The third-order valence-electron chi connectivity index (χ3n) is 13.3. The van der Waals surface area contributed by atoms with Crippen LogP contribution in [-0.2, 0) is 0 Å². The molecule has 0 N–H and O–H groups in total. The summed E-state index contributed by atoms with van der Waals surface area (Å²) >= 11 is 0. The van der Waals surface area contributed by atoms with Crippen LogP contribution in [0.2, 0.25) is 0 Å². The SMILES string of the molecule is Cc1c(C)c(C)c2c(-c3ccc(-c4ccc5ccccc5c4)c4ccccc34)c3c(C)c(C)c(C)c(C)c3c(-c3ccc4oc5ccccc5c4c3)c2c1C. The maximum atomic E-state index is 6.35. The van der Waals surface area contributed by atoms with Crippen molar-refractivity contribution in [3.63, 3.8) is 0 Å². The number of hydrogen-bond donors (Lipinski definition) is 0. The van der Waals surface area contributed by atoms with Gasteiger partial charge in [-0.25, -0.2) is 0 Å². The van der Waals surface area contributed by atoms with Gasteiger partial charge in [0.15, 0.2) is 0 Å². The van der Waals surface area contributed by atoms with Gasteiger partial charge in [-0.1, -0.05) is 97.1 Å². The van der Waals surface area contributed by atoms with Crippen LogP contribution in [0.3, 0.4) is 0 Å². The summed E-state index contributed by atoms with van der Waals surface area (Å²) in [6, 6.07) is 44.6. The highest BCUT2D eigenvalue weighted by molar-refractivity contribution is 6.28. The van der Waals surface area contributed by atoms with E-state index in [2.05, 4.69) is 177 Å². The molecule has 0 unspecified atom stereocenters. The van der Waals surface area contributed by atoms with Crippen LogP contribution in [0.15, 0.2) is 126 Å². The zero-order chi connectivity index (χ0) is 37.9. The zero-order valence-electron chi connectivity index (χ0n) is 33.0. The molecule has 55 heavy (non-hydrogen) atoms. The second kappa shape index (κ2) is 12.2. The summed E-state index contributed by atoms with van der Waals surface area (Å²) in [4.78, 5) is 0. The average Bonchev–Trinajstić information content (AvgIpc) is 3.60. The highest BCUT2D eigenvalue weighted by atomic mass is 16.3. The van der Waals surface area contributed by atoms with E-state index in [0.717, 1.165) is 21.9 Å². The summed E-state index contributed by atoms with van der Waals surface area (Å²) in [5, 5.41) is 12.8. The van der Waals surface area contributed by atoms with Crippen molar-refractivity contribution in [1.29, 1.82) is 0 Å². The van der Waals surface area contributed by atoms with E-state index in [1.54, 1.807) is 0 Å². The first-order valence-electron chi connectivity index (χ1n) is 19.5. The summed E-state index contributed by atoms with van der Waals surface area (Å²) in [6.07, 6.45) is 0. The molecule has 0 bridgehead atoms. The monoisotopic (exact) mass is 708 g/mol. The van der Waals surface area contributed by atoms with Crippen LogP contribution in [0.1, 0.15) is 44.5 Å². The molecule has 1 heteroatoms. The van der Waals surface area contributed by atoms with Gasteiger partial charge in [0.05, 0.1) is 0 Å². The van der Waals surface area contributed by atoms with Gasteiger partial charge in [0, 0.05) is 10.8 Å². The molecule has 0 saturated carbocycles. The lowest BCUT2D eigenvalue weighted by Gasteiger charge is -2.27. The van der Waals surface area contributed by atoms with E-state index < -0.39 is 0 Å². The Morgan fingerprint density at radius 2 is 0.782 bits per heavy atom. The minimum Gasteiger partial charge on any atom is -0.456 e. The van der Waals surface area contributed by atoms with Gasteiger partial charge in [-0.2, -0.15) is 0 Å². The van der Waals surface area contributed by atoms with Gasteiger partial charge in [0.2, 0.25) is 0 Å². The van der Waals surface area contributed by atoms with Crippen molar-refractivity contribution < 1.29 is 4.42 Å². The van der Waals surface area contributed by atoms with Crippen molar-refractivity contribution in [1.82, 2.24) is 0 Å². The molecule has 0 aliphatic carbocycles. The lowest BCUT2D eigenvalue weighted by Crippen LogP contribution is -2.04. The molecule has 0 fully saturated rings. The molecule has 10 aromatic rings. The Hall–Kier alpha value is -6.18. The highest BCUT2D eigenvalue weighted by Crippen LogP contribution is 2.52. The van der Waals surface area contributed by atoms with Crippen molar-refractivity contribution >= 4 is 65.0 Å². The van der Waals surface area contributed by atoms with Crippen molar-refractivity contribution in [2.75, 3.05) is 0 Å². The fraction of sp³-hybridized carbons (Fsp3) is 0.148. The third-order valence-corrected chi connectivity index (χ3v) is 13.3.